The first-order valence-corrected chi connectivity index (χ1v) is 34.5. The van der Waals surface area contributed by atoms with E-state index in [1.807, 2.05) is 48.2 Å². The standard InChI is InChI=1S/C19H21N3O5.C14H16N2O5.C14H18N2O3.C8H11N.C7H4ClNO3.C7H13NO2.C5H4ClNO2/c1-12-9-16(21-27-12)18(24)20-15-10-13(11-23)3-4-17(15)22-7-5-14(6-8-22)19(25)26-2;1-21-14(18)11-4-6-15(7-5-11)12-3-2-10(9-17)8-13(12)16(19)20;1-19-14(18)11-4-6-16(7-5-11)13-3-2-10(9-17)8-12(13)15;1-7(9)8-5-3-2-4-6-8;8-6-2-1-5(4-10)3-7(6)9(11)12;1-10-7(9)6-2-4-8-5-3-6;1-3-2-4(5(6)8)7-9-3/h3-4,9-11,14H,5-8H2,1-2H3,(H,20,24);2-3,8-9,11H,4-7H2,1H3;2-3,8-9,11H,4-7,15H2,1H3;2-7H,9H2,1H3;1-4H;6,8H,2-5H2,1H3;2H,1H3/t;;;7-;;;/m...1.../s1. The maximum Gasteiger partial charge on any atom is 0.308 e. The van der Waals surface area contributed by atoms with Gasteiger partial charge in [-0.1, -0.05) is 52.2 Å². The van der Waals surface area contributed by atoms with Gasteiger partial charge in [-0.25, -0.2) is 0 Å². The maximum absolute atomic E-state index is 12.4. The van der Waals surface area contributed by atoms with Crippen molar-refractivity contribution >= 4 is 123 Å². The molecule has 0 saturated carbocycles. The van der Waals surface area contributed by atoms with Gasteiger partial charge < -0.3 is 64.8 Å². The van der Waals surface area contributed by atoms with Gasteiger partial charge in [0, 0.05) is 91.8 Å². The molecule has 4 aliphatic heterocycles. The van der Waals surface area contributed by atoms with E-state index in [4.69, 9.17) is 53.4 Å². The van der Waals surface area contributed by atoms with Crippen LogP contribution in [-0.2, 0) is 38.1 Å². The van der Waals surface area contributed by atoms with Crippen LogP contribution in [0.2, 0.25) is 5.02 Å². The Hall–Kier alpha value is -11.3. The van der Waals surface area contributed by atoms with E-state index in [2.05, 4.69) is 40.0 Å². The van der Waals surface area contributed by atoms with Crippen LogP contribution < -0.4 is 36.8 Å². The van der Waals surface area contributed by atoms with E-state index in [0.717, 1.165) is 81.9 Å². The Balaban J connectivity index is 0.000000233. The fourth-order valence-corrected chi connectivity index (χ4v) is 11.7. The van der Waals surface area contributed by atoms with Crippen molar-refractivity contribution in [3.63, 3.8) is 0 Å². The first kappa shape index (κ1) is 86.4. The minimum Gasteiger partial charge on any atom is -0.469 e. The summed E-state index contributed by atoms with van der Waals surface area (Å²) in [5.74, 6) is -0.0579. The molecule has 7 aromatic rings. The zero-order chi connectivity index (χ0) is 78.7. The SMILES string of the molecule is COC(=O)C1CCN(c2ccc(C=O)cc2N)CC1.COC(=O)C1CCN(c2ccc(C=O)cc2NC(=O)c2cc(C)on2)CC1.COC(=O)C1CCN(c2ccc(C=O)cc2[N+](=O)[O-])CC1.COC(=O)C1CCNCC1.C[C@@H](N)c1ccccc1.Cc1cc(C(=O)Cl)no1.O=Cc1ccc(Cl)c([N+](=O)[O-])c1. The summed E-state index contributed by atoms with van der Waals surface area (Å²) in [6.45, 7) is 11.2. The summed E-state index contributed by atoms with van der Waals surface area (Å²) in [5.41, 5.74) is 17.6. The number of nitrogens with zero attached hydrogens (tertiary/aromatic N) is 7. The van der Waals surface area contributed by atoms with E-state index in [0.29, 0.717) is 104 Å². The van der Waals surface area contributed by atoms with Gasteiger partial charge in [-0.15, -0.1) is 0 Å². The normalized spacial score (nSPS) is 14.5. The number of carbonyl (C=O) groups excluding carboxylic acids is 10. The number of nitrogens with two attached hydrogens (primary N) is 2. The highest BCUT2D eigenvalue weighted by Gasteiger charge is 2.31. The average molecular weight is 1520 g/mol. The van der Waals surface area contributed by atoms with Crippen molar-refractivity contribution in [1.82, 2.24) is 15.6 Å². The van der Waals surface area contributed by atoms with Gasteiger partial charge in [-0.3, -0.25) is 68.2 Å². The molecule has 11 rings (SSSR count). The van der Waals surface area contributed by atoms with E-state index in [-0.39, 0.29) is 92.5 Å². The number of ether oxygens (including phenoxy) is 4. The number of halogens is 2. The van der Waals surface area contributed by atoms with Gasteiger partial charge in [0.05, 0.1) is 84.7 Å². The minimum absolute atomic E-state index is 0.0169. The third kappa shape index (κ3) is 27.3. The number of aryl methyl sites for hydroxylation is 2. The summed E-state index contributed by atoms with van der Waals surface area (Å²) in [4.78, 5) is 138. The lowest BCUT2D eigenvalue weighted by Gasteiger charge is -2.33. The number of nitrogens with one attached hydrogen (secondary N) is 2. The zero-order valence-electron chi connectivity index (χ0n) is 60.2. The van der Waals surface area contributed by atoms with Gasteiger partial charge in [0.25, 0.3) is 22.5 Å². The quantitative estimate of drug-likeness (QED) is 0.0125. The molecule has 0 bridgehead atoms. The predicted octanol–water partition coefficient (Wildman–Crippen LogP) is 11.0. The summed E-state index contributed by atoms with van der Waals surface area (Å²) in [6.07, 6.45) is 8.52. The predicted molar refractivity (Wildman–Crippen MR) is 398 cm³/mol. The van der Waals surface area contributed by atoms with Crippen molar-refractivity contribution in [2.75, 3.05) is 107 Å². The van der Waals surface area contributed by atoms with E-state index < -0.39 is 21.0 Å². The number of nitrogen functional groups attached to an aromatic ring is 1. The fourth-order valence-electron chi connectivity index (χ4n) is 11.4. The zero-order valence-corrected chi connectivity index (χ0v) is 61.7. The number of methoxy groups -OCH3 is 4. The lowest BCUT2D eigenvalue weighted by Crippen LogP contribution is -2.37. The Morgan fingerprint density at radius 3 is 1.29 bits per heavy atom. The minimum atomic E-state index is -0.630. The molecule has 0 spiro atoms. The molecule has 6 N–H and O–H groups in total. The molecular weight excluding hydrogens is 1430 g/mol. The van der Waals surface area contributed by atoms with Crippen molar-refractivity contribution in [1.29, 1.82) is 0 Å². The molecule has 4 aliphatic rings. The Morgan fingerprint density at radius 1 is 0.542 bits per heavy atom. The second-order valence-electron chi connectivity index (χ2n) is 24.5. The first-order chi connectivity index (χ1) is 51.2. The fraction of sp³-hybridized carbons (Fsp3) is 0.378. The van der Waals surface area contributed by atoms with Crippen LogP contribution in [0.4, 0.5) is 39.8 Å². The van der Waals surface area contributed by atoms with Crippen LogP contribution in [0, 0.1) is 57.7 Å². The number of hydrogen-bond donors (Lipinski definition) is 4. The van der Waals surface area contributed by atoms with Gasteiger partial charge in [-0.2, -0.15) is 0 Å². The molecule has 33 heteroatoms. The molecule has 0 aliphatic carbocycles. The van der Waals surface area contributed by atoms with Crippen LogP contribution in [-0.4, -0.2) is 161 Å². The second-order valence-corrected chi connectivity index (χ2v) is 25.3. The maximum atomic E-state index is 12.4. The topological polar surface area (TPSA) is 432 Å². The number of rotatable bonds is 17. The molecule has 107 heavy (non-hydrogen) atoms. The molecule has 1 amide bonds. The number of hydrogen-bond acceptors (Lipinski definition) is 28. The number of piperidine rings is 4. The van der Waals surface area contributed by atoms with Crippen molar-refractivity contribution in [3.05, 3.63) is 191 Å². The van der Waals surface area contributed by atoms with Crippen LogP contribution in [0.3, 0.4) is 0 Å². The van der Waals surface area contributed by atoms with Crippen LogP contribution in [0.5, 0.6) is 0 Å². The Kier molecular flexibility index (Phi) is 35.9. The summed E-state index contributed by atoms with van der Waals surface area (Å²) in [7, 11) is 5.62. The molecule has 4 fully saturated rings. The average Bonchev–Trinajstić information content (AvgIpc) is 1.27. The molecular formula is C74H87Cl2N11O20. The molecule has 6 heterocycles. The van der Waals surface area contributed by atoms with Gasteiger partial charge in [-0.05, 0) is 163 Å². The van der Waals surface area contributed by atoms with Crippen molar-refractivity contribution < 1.29 is 85.8 Å². The van der Waals surface area contributed by atoms with Crippen LogP contribution in [0.25, 0.3) is 0 Å². The number of amides is 1. The summed E-state index contributed by atoms with van der Waals surface area (Å²) >= 11 is 10.5. The molecule has 0 unspecified atom stereocenters. The van der Waals surface area contributed by atoms with Gasteiger partial charge >= 0.3 is 23.9 Å². The summed E-state index contributed by atoms with van der Waals surface area (Å²) in [6, 6.07) is 31.9. The number of nitro benzene ring substituents is 2. The Bertz CT molecular complexity index is 4140. The molecule has 0 radical (unpaired) electrons. The summed E-state index contributed by atoms with van der Waals surface area (Å²) in [5, 5.41) is 33.9. The van der Waals surface area contributed by atoms with E-state index in [1.54, 1.807) is 62.4 Å². The van der Waals surface area contributed by atoms with Gasteiger partial charge in [0.1, 0.15) is 47.4 Å². The molecule has 5 aromatic carbocycles. The Morgan fingerprint density at radius 2 is 0.916 bits per heavy atom. The smallest absolute Gasteiger partial charge is 0.308 e. The first-order valence-electron chi connectivity index (χ1n) is 33.7. The van der Waals surface area contributed by atoms with Crippen molar-refractivity contribution in [2.24, 2.45) is 29.4 Å². The van der Waals surface area contributed by atoms with Crippen LogP contribution in [0.1, 0.15) is 144 Å². The number of esters is 4. The lowest BCUT2D eigenvalue weighted by molar-refractivity contribution is -0.384. The monoisotopic (exact) mass is 1520 g/mol. The highest BCUT2D eigenvalue weighted by Crippen LogP contribution is 2.35. The largest absolute Gasteiger partial charge is 0.469 e. The van der Waals surface area contributed by atoms with Crippen molar-refractivity contribution in [3.8, 4) is 0 Å². The molecule has 2 aromatic heterocycles. The molecule has 31 nitrogen and oxygen atoms in total. The van der Waals surface area contributed by atoms with Crippen LogP contribution in [0.15, 0.2) is 124 Å². The number of benzene rings is 5. The number of carbonyl (C=O) groups is 10. The second kappa shape index (κ2) is 44.5. The number of nitro groups is 2. The lowest BCUT2D eigenvalue weighted by atomic mass is 9.96. The highest BCUT2D eigenvalue weighted by atomic mass is 35.5. The summed E-state index contributed by atoms with van der Waals surface area (Å²) < 4.78 is 28.4. The van der Waals surface area contributed by atoms with Gasteiger partial charge in [0.15, 0.2) is 11.4 Å². The molecule has 4 saturated heterocycles. The third-order valence-corrected chi connectivity index (χ3v) is 17.7. The van der Waals surface area contributed by atoms with Crippen LogP contribution >= 0.6 is 23.2 Å². The molecule has 572 valence electrons. The number of anilines is 5. The third-order valence-electron chi connectivity index (χ3n) is 17.2. The Labute approximate surface area is 627 Å². The van der Waals surface area contributed by atoms with Crippen molar-refractivity contribution in [2.45, 2.75) is 78.2 Å². The highest BCUT2D eigenvalue weighted by molar-refractivity contribution is 6.67. The van der Waals surface area contributed by atoms with E-state index in [9.17, 15) is 68.2 Å². The number of aldehydes is 4. The van der Waals surface area contributed by atoms with Gasteiger partial charge in [0.2, 0.25) is 0 Å². The molecule has 1 atom stereocenters. The number of aromatic nitrogens is 2. The van der Waals surface area contributed by atoms with E-state index >= 15 is 0 Å². The van der Waals surface area contributed by atoms with E-state index in [1.165, 1.54) is 58.3 Å².